The molecule has 0 aliphatic heterocycles. The second-order valence-electron chi connectivity index (χ2n) is 2.43. The monoisotopic (exact) mass is 172 g/mol. The molecule has 2 aromatic heterocycles. The topological polar surface area (TPSA) is 71.0 Å². The molecule has 2 aromatic rings. The maximum Gasteiger partial charge on any atom is 0.201 e. The van der Waals surface area contributed by atoms with Crippen molar-refractivity contribution in [3.8, 4) is 6.07 Å². The van der Waals surface area contributed by atoms with Crippen molar-refractivity contribution >= 4 is 11.9 Å². The van der Waals surface area contributed by atoms with E-state index in [9.17, 15) is 4.79 Å². The van der Waals surface area contributed by atoms with E-state index in [-0.39, 0.29) is 5.82 Å². The number of rotatable bonds is 1. The summed E-state index contributed by atoms with van der Waals surface area (Å²) in [6.45, 7) is 0. The zero-order chi connectivity index (χ0) is 9.26. The highest BCUT2D eigenvalue weighted by Gasteiger charge is 2.03. The number of nitriles is 1. The van der Waals surface area contributed by atoms with Gasteiger partial charge in [-0.1, -0.05) is 0 Å². The zero-order valence-electron chi connectivity index (χ0n) is 6.51. The molecule has 13 heavy (non-hydrogen) atoms. The molecule has 0 saturated heterocycles. The van der Waals surface area contributed by atoms with E-state index in [2.05, 4.69) is 10.2 Å². The van der Waals surface area contributed by atoms with Gasteiger partial charge < -0.3 is 0 Å². The van der Waals surface area contributed by atoms with Gasteiger partial charge in [0.15, 0.2) is 11.9 Å². The third-order valence-corrected chi connectivity index (χ3v) is 1.66. The Hall–Kier alpha value is -2.22. The van der Waals surface area contributed by atoms with Gasteiger partial charge in [-0.15, -0.1) is 10.2 Å². The predicted molar refractivity (Wildman–Crippen MR) is 43.1 cm³/mol. The van der Waals surface area contributed by atoms with E-state index in [0.717, 1.165) is 0 Å². The summed E-state index contributed by atoms with van der Waals surface area (Å²) in [7, 11) is 0. The molecular weight excluding hydrogens is 168 g/mol. The first-order valence-corrected chi connectivity index (χ1v) is 3.55. The van der Waals surface area contributed by atoms with Crippen LogP contribution in [0.2, 0.25) is 0 Å². The van der Waals surface area contributed by atoms with Crippen LogP contribution in [0.15, 0.2) is 18.3 Å². The van der Waals surface area contributed by atoms with Crippen LogP contribution in [-0.2, 0) is 0 Å². The zero-order valence-corrected chi connectivity index (χ0v) is 6.51. The van der Waals surface area contributed by atoms with E-state index in [1.165, 1.54) is 10.6 Å². The molecule has 0 atom stereocenters. The number of hydrogen-bond acceptors (Lipinski definition) is 4. The first kappa shape index (κ1) is 7.43. The summed E-state index contributed by atoms with van der Waals surface area (Å²) >= 11 is 0. The molecule has 62 valence electrons. The number of pyridine rings is 1. The molecule has 0 amide bonds. The van der Waals surface area contributed by atoms with Gasteiger partial charge in [-0.2, -0.15) is 5.26 Å². The Balaban J connectivity index is 2.80. The summed E-state index contributed by atoms with van der Waals surface area (Å²) in [6.07, 6.45) is 2.13. The van der Waals surface area contributed by atoms with Crippen LogP contribution < -0.4 is 0 Å². The molecule has 2 rings (SSSR count). The average molecular weight is 172 g/mol. The predicted octanol–water partition coefficient (Wildman–Crippen LogP) is 0.413. The lowest BCUT2D eigenvalue weighted by molar-refractivity contribution is 0.111. The molecule has 5 nitrogen and oxygen atoms in total. The minimum Gasteiger partial charge on any atom is -0.294 e. The van der Waals surface area contributed by atoms with Crippen molar-refractivity contribution < 1.29 is 4.79 Å². The number of fused-ring (bicyclic) bond motifs is 1. The van der Waals surface area contributed by atoms with Gasteiger partial charge >= 0.3 is 0 Å². The normalized spacial score (nSPS) is 9.77. The number of aromatic nitrogens is 3. The Morgan fingerprint density at radius 2 is 2.31 bits per heavy atom. The summed E-state index contributed by atoms with van der Waals surface area (Å²) in [5.74, 6) is 0.201. The van der Waals surface area contributed by atoms with Crippen LogP contribution in [0.4, 0.5) is 0 Å². The number of carbonyl (C=O) groups excluding carboxylic acids is 1. The highest BCUT2D eigenvalue weighted by atomic mass is 16.1. The van der Waals surface area contributed by atoms with Gasteiger partial charge in [0, 0.05) is 6.20 Å². The Kier molecular flexibility index (Phi) is 1.53. The number of nitrogens with zero attached hydrogens (tertiary/aromatic N) is 4. The molecule has 0 spiro atoms. The fourth-order valence-corrected chi connectivity index (χ4v) is 1.06. The van der Waals surface area contributed by atoms with Gasteiger partial charge in [0.2, 0.25) is 5.82 Å². The van der Waals surface area contributed by atoms with Crippen LogP contribution in [0.5, 0.6) is 0 Å². The SMILES string of the molecule is N#Cc1ccc2nnc(C=O)n2c1. The standard InChI is InChI=1S/C8H4N4O/c9-3-6-1-2-7-10-11-8(5-13)12(7)4-6/h1-2,4-5H. The van der Waals surface area contributed by atoms with Crippen molar-refractivity contribution in [2.75, 3.05) is 0 Å². The van der Waals surface area contributed by atoms with Gasteiger partial charge in [0.1, 0.15) is 6.07 Å². The van der Waals surface area contributed by atoms with E-state index >= 15 is 0 Å². The second-order valence-corrected chi connectivity index (χ2v) is 2.43. The molecule has 0 bridgehead atoms. The third-order valence-electron chi connectivity index (χ3n) is 1.66. The van der Waals surface area contributed by atoms with Gasteiger partial charge in [0.05, 0.1) is 5.56 Å². The lowest BCUT2D eigenvalue weighted by Gasteiger charge is -1.92. The smallest absolute Gasteiger partial charge is 0.201 e. The largest absolute Gasteiger partial charge is 0.294 e. The van der Waals surface area contributed by atoms with Crippen LogP contribution >= 0.6 is 0 Å². The Morgan fingerprint density at radius 3 is 3.00 bits per heavy atom. The van der Waals surface area contributed by atoms with E-state index in [1.807, 2.05) is 6.07 Å². The van der Waals surface area contributed by atoms with Crippen LogP contribution in [0.3, 0.4) is 0 Å². The summed E-state index contributed by atoms with van der Waals surface area (Å²) in [5, 5.41) is 16.0. The first-order chi connectivity index (χ1) is 6.35. The minimum absolute atomic E-state index is 0.201. The molecule has 0 saturated carbocycles. The Bertz CT molecular complexity index is 508. The highest BCUT2D eigenvalue weighted by Crippen LogP contribution is 2.04. The van der Waals surface area contributed by atoms with Crippen molar-refractivity contribution in [1.29, 1.82) is 5.26 Å². The quantitative estimate of drug-likeness (QED) is 0.584. The van der Waals surface area contributed by atoms with Crippen LogP contribution in [-0.4, -0.2) is 20.9 Å². The molecule has 0 N–H and O–H groups in total. The van der Waals surface area contributed by atoms with Crippen molar-refractivity contribution in [3.05, 3.63) is 29.7 Å². The molecule has 2 heterocycles. The van der Waals surface area contributed by atoms with Gasteiger partial charge in [0.25, 0.3) is 0 Å². The summed E-state index contributed by atoms with van der Waals surface area (Å²) in [6, 6.07) is 5.23. The lowest BCUT2D eigenvalue weighted by atomic mass is 10.3. The van der Waals surface area contributed by atoms with Gasteiger partial charge in [-0.05, 0) is 12.1 Å². The van der Waals surface area contributed by atoms with Gasteiger partial charge in [-0.25, -0.2) is 0 Å². The molecule has 0 unspecified atom stereocenters. The Labute approximate surface area is 73.2 Å². The number of hydrogen-bond donors (Lipinski definition) is 0. The van der Waals surface area contributed by atoms with E-state index in [0.29, 0.717) is 17.5 Å². The fourth-order valence-electron chi connectivity index (χ4n) is 1.06. The van der Waals surface area contributed by atoms with E-state index in [4.69, 9.17) is 5.26 Å². The first-order valence-electron chi connectivity index (χ1n) is 3.55. The third kappa shape index (κ3) is 1.05. The number of aldehydes is 1. The van der Waals surface area contributed by atoms with Crippen LogP contribution in [0.25, 0.3) is 5.65 Å². The molecular formula is C8H4N4O. The molecule has 0 radical (unpaired) electrons. The highest BCUT2D eigenvalue weighted by molar-refractivity contribution is 5.70. The lowest BCUT2D eigenvalue weighted by Crippen LogP contribution is -1.92. The van der Waals surface area contributed by atoms with Gasteiger partial charge in [-0.3, -0.25) is 9.20 Å². The van der Waals surface area contributed by atoms with Crippen molar-refractivity contribution in [2.45, 2.75) is 0 Å². The van der Waals surface area contributed by atoms with Crippen molar-refractivity contribution in [2.24, 2.45) is 0 Å². The number of carbonyl (C=O) groups is 1. The Morgan fingerprint density at radius 1 is 1.46 bits per heavy atom. The molecule has 5 heteroatoms. The maximum atomic E-state index is 10.5. The molecule has 0 aromatic carbocycles. The molecule has 0 fully saturated rings. The minimum atomic E-state index is 0.201. The fraction of sp³-hybridized carbons (Fsp3) is 0. The maximum absolute atomic E-state index is 10.5. The van der Waals surface area contributed by atoms with E-state index in [1.54, 1.807) is 12.1 Å². The van der Waals surface area contributed by atoms with Crippen molar-refractivity contribution in [1.82, 2.24) is 14.6 Å². The average Bonchev–Trinajstić information content (AvgIpc) is 2.59. The van der Waals surface area contributed by atoms with Crippen molar-refractivity contribution in [3.63, 3.8) is 0 Å². The van der Waals surface area contributed by atoms with Crippen LogP contribution in [0.1, 0.15) is 16.2 Å². The summed E-state index contributed by atoms with van der Waals surface area (Å²) < 4.78 is 1.48. The molecule has 0 aliphatic carbocycles. The summed E-state index contributed by atoms with van der Waals surface area (Å²) in [5.41, 5.74) is 1.02. The van der Waals surface area contributed by atoms with E-state index < -0.39 is 0 Å². The summed E-state index contributed by atoms with van der Waals surface area (Å²) in [4.78, 5) is 10.5. The van der Waals surface area contributed by atoms with Crippen LogP contribution in [0, 0.1) is 11.3 Å². The molecule has 0 aliphatic rings. The second kappa shape index (κ2) is 2.68.